The molecule has 0 atom stereocenters. The molecular weight excluding hydrogens is 354 g/mol. The molecule has 0 bridgehead atoms. The van der Waals surface area contributed by atoms with Crippen molar-refractivity contribution >= 4 is 45.8 Å². The molecular formula is C19H16ClN3O3. The van der Waals surface area contributed by atoms with Crippen molar-refractivity contribution in [1.82, 2.24) is 10.3 Å². The number of para-hydroxylation sites is 1. The largest absolute Gasteiger partial charge is 0.358 e. The fraction of sp³-hybridized carbons (Fsp3) is 0.105. The van der Waals surface area contributed by atoms with Gasteiger partial charge in [-0.1, -0.05) is 29.8 Å². The van der Waals surface area contributed by atoms with E-state index in [0.717, 1.165) is 5.52 Å². The number of halogens is 1. The number of rotatable bonds is 5. The minimum atomic E-state index is -0.830. The van der Waals surface area contributed by atoms with Gasteiger partial charge in [0.1, 0.15) is 0 Å². The molecule has 0 saturated carbocycles. The van der Waals surface area contributed by atoms with Crippen molar-refractivity contribution in [2.24, 2.45) is 0 Å². The van der Waals surface area contributed by atoms with Crippen LogP contribution in [0.3, 0.4) is 0 Å². The quantitative estimate of drug-likeness (QED) is 0.477. The Morgan fingerprint density at radius 2 is 1.73 bits per heavy atom. The average Bonchev–Trinajstić information content (AvgIpc) is 2.96. The number of aromatic amines is 1. The number of benzene rings is 2. The number of anilines is 1. The van der Waals surface area contributed by atoms with E-state index in [1.165, 1.54) is 0 Å². The van der Waals surface area contributed by atoms with Gasteiger partial charge in [0.15, 0.2) is 0 Å². The SMILES string of the molecule is Cc1[nH]c2ccccc2c1C(=O)C(=O)NCC(=O)Nc1ccc(Cl)cc1. The third kappa shape index (κ3) is 3.75. The van der Waals surface area contributed by atoms with Crippen LogP contribution in [0.4, 0.5) is 5.69 Å². The maximum atomic E-state index is 12.5. The zero-order valence-electron chi connectivity index (χ0n) is 13.9. The number of hydrogen-bond acceptors (Lipinski definition) is 3. The summed E-state index contributed by atoms with van der Waals surface area (Å²) in [4.78, 5) is 39.6. The van der Waals surface area contributed by atoms with Gasteiger partial charge in [-0.15, -0.1) is 0 Å². The number of hydrogen-bond donors (Lipinski definition) is 3. The molecule has 1 aromatic heterocycles. The number of aryl methyl sites for hydroxylation is 1. The summed E-state index contributed by atoms with van der Waals surface area (Å²) in [5.41, 5.74) is 2.25. The number of nitrogens with one attached hydrogen (secondary N) is 3. The van der Waals surface area contributed by atoms with Gasteiger partial charge in [-0.2, -0.15) is 0 Å². The number of ketones is 1. The molecule has 2 aromatic carbocycles. The Hall–Kier alpha value is -3.12. The number of H-pyrrole nitrogens is 1. The first-order valence-corrected chi connectivity index (χ1v) is 8.29. The molecule has 0 saturated heterocycles. The summed E-state index contributed by atoms with van der Waals surface area (Å²) in [6, 6.07) is 13.8. The zero-order valence-corrected chi connectivity index (χ0v) is 14.7. The Labute approximate surface area is 154 Å². The highest BCUT2D eigenvalue weighted by Gasteiger charge is 2.22. The van der Waals surface area contributed by atoms with Crippen LogP contribution in [0.15, 0.2) is 48.5 Å². The zero-order chi connectivity index (χ0) is 18.7. The summed E-state index contributed by atoms with van der Waals surface area (Å²) in [5, 5.41) is 6.19. The molecule has 0 fully saturated rings. The molecule has 0 unspecified atom stereocenters. The van der Waals surface area contributed by atoms with Crippen LogP contribution in [0.2, 0.25) is 5.02 Å². The fourth-order valence-electron chi connectivity index (χ4n) is 2.66. The van der Waals surface area contributed by atoms with Crippen molar-refractivity contribution in [3.05, 3.63) is 64.8 Å². The summed E-state index contributed by atoms with van der Waals surface area (Å²) in [7, 11) is 0. The first-order valence-electron chi connectivity index (χ1n) is 7.91. The minimum absolute atomic E-state index is 0.311. The third-order valence-corrected chi connectivity index (χ3v) is 4.12. The topological polar surface area (TPSA) is 91.1 Å². The average molecular weight is 370 g/mol. The van der Waals surface area contributed by atoms with Crippen LogP contribution in [0.1, 0.15) is 16.1 Å². The second kappa shape index (κ2) is 7.41. The number of aromatic nitrogens is 1. The maximum absolute atomic E-state index is 12.5. The molecule has 3 N–H and O–H groups in total. The van der Waals surface area contributed by atoms with Gasteiger partial charge in [0.2, 0.25) is 5.91 Å². The Morgan fingerprint density at radius 1 is 1.04 bits per heavy atom. The van der Waals surface area contributed by atoms with Crippen molar-refractivity contribution in [3.63, 3.8) is 0 Å². The first kappa shape index (κ1) is 17.7. The van der Waals surface area contributed by atoms with E-state index >= 15 is 0 Å². The summed E-state index contributed by atoms with van der Waals surface area (Å²) < 4.78 is 0. The van der Waals surface area contributed by atoms with E-state index in [9.17, 15) is 14.4 Å². The van der Waals surface area contributed by atoms with Crippen molar-refractivity contribution in [2.75, 3.05) is 11.9 Å². The third-order valence-electron chi connectivity index (χ3n) is 3.86. The molecule has 0 spiro atoms. The molecule has 7 heteroatoms. The minimum Gasteiger partial charge on any atom is -0.358 e. The molecule has 0 aliphatic rings. The van der Waals surface area contributed by atoms with Crippen LogP contribution in [0.5, 0.6) is 0 Å². The van der Waals surface area contributed by atoms with Gasteiger partial charge in [0.05, 0.1) is 12.1 Å². The molecule has 0 aliphatic carbocycles. The molecule has 26 heavy (non-hydrogen) atoms. The monoisotopic (exact) mass is 369 g/mol. The number of Topliss-reactive ketones (excluding diaryl/α,β-unsaturated/α-hetero) is 1. The van der Waals surface area contributed by atoms with Crippen LogP contribution in [-0.2, 0) is 9.59 Å². The lowest BCUT2D eigenvalue weighted by Crippen LogP contribution is -2.37. The van der Waals surface area contributed by atoms with Gasteiger partial charge >= 0.3 is 0 Å². The van der Waals surface area contributed by atoms with Crippen LogP contribution in [0, 0.1) is 6.92 Å². The summed E-state index contributed by atoms with van der Waals surface area (Å²) in [6.07, 6.45) is 0. The molecule has 0 radical (unpaired) electrons. The Balaban J connectivity index is 1.64. The summed E-state index contributed by atoms with van der Waals surface area (Å²) in [5.74, 6) is -1.95. The number of fused-ring (bicyclic) bond motifs is 1. The normalized spacial score (nSPS) is 10.5. The predicted molar refractivity (Wildman–Crippen MR) is 100 cm³/mol. The maximum Gasteiger partial charge on any atom is 0.292 e. The van der Waals surface area contributed by atoms with E-state index < -0.39 is 17.6 Å². The van der Waals surface area contributed by atoms with Crippen LogP contribution in [0.25, 0.3) is 10.9 Å². The molecule has 3 aromatic rings. The van der Waals surface area contributed by atoms with Crippen molar-refractivity contribution < 1.29 is 14.4 Å². The van der Waals surface area contributed by atoms with Crippen LogP contribution >= 0.6 is 11.6 Å². The predicted octanol–water partition coefficient (Wildman–Crippen LogP) is 3.07. The van der Waals surface area contributed by atoms with E-state index in [0.29, 0.717) is 27.4 Å². The van der Waals surface area contributed by atoms with Gasteiger partial charge in [0, 0.05) is 27.3 Å². The summed E-state index contributed by atoms with van der Waals surface area (Å²) in [6.45, 7) is 1.42. The molecule has 6 nitrogen and oxygen atoms in total. The van der Waals surface area contributed by atoms with Crippen LogP contribution in [-0.4, -0.2) is 29.1 Å². The molecule has 132 valence electrons. The van der Waals surface area contributed by atoms with Crippen LogP contribution < -0.4 is 10.6 Å². The Kier molecular flexibility index (Phi) is 5.04. The highest BCUT2D eigenvalue weighted by atomic mass is 35.5. The van der Waals surface area contributed by atoms with E-state index in [-0.39, 0.29) is 6.54 Å². The van der Waals surface area contributed by atoms with E-state index in [1.54, 1.807) is 43.3 Å². The van der Waals surface area contributed by atoms with Crippen molar-refractivity contribution in [3.8, 4) is 0 Å². The lowest BCUT2D eigenvalue weighted by molar-refractivity contribution is -0.121. The lowest BCUT2D eigenvalue weighted by Gasteiger charge is -2.07. The van der Waals surface area contributed by atoms with Gasteiger partial charge in [0.25, 0.3) is 11.7 Å². The second-order valence-electron chi connectivity index (χ2n) is 5.74. The van der Waals surface area contributed by atoms with Crippen molar-refractivity contribution in [1.29, 1.82) is 0 Å². The second-order valence-corrected chi connectivity index (χ2v) is 6.17. The molecule has 2 amide bonds. The van der Waals surface area contributed by atoms with E-state index in [2.05, 4.69) is 15.6 Å². The highest BCUT2D eigenvalue weighted by molar-refractivity contribution is 6.45. The van der Waals surface area contributed by atoms with Crippen molar-refractivity contribution in [2.45, 2.75) is 6.92 Å². The Bertz CT molecular complexity index is 993. The highest BCUT2D eigenvalue weighted by Crippen LogP contribution is 2.22. The number of amides is 2. The number of carbonyl (C=O) groups excluding carboxylic acids is 3. The lowest BCUT2D eigenvalue weighted by atomic mass is 10.1. The number of carbonyl (C=O) groups is 3. The van der Waals surface area contributed by atoms with Gasteiger partial charge in [-0.25, -0.2) is 0 Å². The molecule has 3 rings (SSSR count). The van der Waals surface area contributed by atoms with Gasteiger partial charge in [-0.05, 0) is 37.3 Å². The smallest absolute Gasteiger partial charge is 0.292 e. The summed E-state index contributed by atoms with van der Waals surface area (Å²) >= 11 is 5.78. The van der Waals surface area contributed by atoms with Gasteiger partial charge < -0.3 is 15.6 Å². The van der Waals surface area contributed by atoms with E-state index in [4.69, 9.17) is 11.6 Å². The van der Waals surface area contributed by atoms with Gasteiger partial charge in [-0.3, -0.25) is 14.4 Å². The van der Waals surface area contributed by atoms with E-state index in [1.807, 2.05) is 12.1 Å². The molecule has 1 heterocycles. The Morgan fingerprint density at radius 3 is 2.46 bits per heavy atom. The molecule has 0 aliphatic heterocycles. The standard InChI is InChI=1S/C19H16ClN3O3/c1-11-17(14-4-2-3-5-15(14)22-11)18(25)19(26)21-10-16(24)23-13-8-6-12(20)7-9-13/h2-9,22H,10H2,1H3,(H,21,26)(H,23,24). The fourth-order valence-corrected chi connectivity index (χ4v) is 2.79. The first-order chi connectivity index (χ1) is 12.5.